The van der Waals surface area contributed by atoms with Gasteiger partial charge >= 0.3 is 0 Å². The molecule has 0 aliphatic heterocycles. The summed E-state index contributed by atoms with van der Waals surface area (Å²) in [7, 11) is 0. The van der Waals surface area contributed by atoms with Crippen molar-refractivity contribution in [2.24, 2.45) is 0 Å². The third-order valence-electron chi connectivity index (χ3n) is 4.03. The molecule has 0 saturated heterocycles. The van der Waals surface area contributed by atoms with Gasteiger partial charge in [-0.1, -0.05) is 36.4 Å². The topological polar surface area (TPSA) is 59.0 Å². The third-order valence-corrected chi connectivity index (χ3v) is 4.03. The number of benzene rings is 1. The van der Waals surface area contributed by atoms with Gasteiger partial charge in [-0.05, 0) is 32.9 Å². The van der Waals surface area contributed by atoms with Crippen LogP contribution in [-0.4, -0.2) is 31.3 Å². The van der Waals surface area contributed by atoms with Gasteiger partial charge in [0, 0.05) is 29.7 Å². The summed E-state index contributed by atoms with van der Waals surface area (Å²) in [5, 5.41) is 0. The van der Waals surface area contributed by atoms with Crippen LogP contribution >= 0.6 is 0 Å². The van der Waals surface area contributed by atoms with Crippen molar-refractivity contribution in [3.63, 3.8) is 0 Å². The minimum atomic E-state index is -0.354. The Bertz CT molecular complexity index is 856. The summed E-state index contributed by atoms with van der Waals surface area (Å²) in [5.41, 5.74) is 1.88. The van der Waals surface area contributed by atoms with Crippen LogP contribution in [0, 0.1) is 0 Å². The quantitative estimate of drug-likeness (QED) is 0.717. The molecule has 5 heteroatoms. The molecular formula is C21H22N4O. The second-order valence-electron chi connectivity index (χ2n) is 7.04. The first-order valence-corrected chi connectivity index (χ1v) is 8.54. The SMILES string of the molecule is CC(C)(C)N(Cc1ccccn1)C(=O)c1cnc(-c2ccccc2)nc1. The molecule has 5 nitrogen and oxygen atoms in total. The predicted molar refractivity (Wildman–Crippen MR) is 101 cm³/mol. The molecule has 132 valence electrons. The summed E-state index contributed by atoms with van der Waals surface area (Å²) in [6.07, 6.45) is 4.92. The zero-order chi connectivity index (χ0) is 18.6. The van der Waals surface area contributed by atoms with Gasteiger partial charge in [0.2, 0.25) is 0 Å². The normalized spacial score (nSPS) is 11.2. The molecule has 0 atom stereocenters. The second kappa shape index (κ2) is 7.44. The van der Waals surface area contributed by atoms with E-state index in [1.54, 1.807) is 23.5 Å². The number of pyridine rings is 1. The molecule has 1 aromatic carbocycles. The Labute approximate surface area is 153 Å². The maximum absolute atomic E-state index is 13.1. The van der Waals surface area contributed by atoms with Crippen LogP contribution in [0.25, 0.3) is 11.4 Å². The van der Waals surface area contributed by atoms with Gasteiger partial charge in [0.1, 0.15) is 0 Å². The number of carbonyl (C=O) groups is 1. The third kappa shape index (κ3) is 4.11. The molecule has 0 saturated carbocycles. The molecule has 0 aliphatic carbocycles. The van der Waals surface area contributed by atoms with Gasteiger partial charge in [-0.3, -0.25) is 9.78 Å². The fraction of sp³-hybridized carbons (Fsp3) is 0.238. The predicted octanol–water partition coefficient (Wildman–Crippen LogP) is 3.98. The number of rotatable bonds is 4. The molecule has 2 aromatic heterocycles. The number of hydrogen-bond donors (Lipinski definition) is 0. The Hall–Kier alpha value is -3.08. The van der Waals surface area contributed by atoms with Gasteiger partial charge in [0.25, 0.3) is 5.91 Å². The lowest BCUT2D eigenvalue weighted by atomic mass is 10.0. The van der Waals surface area contributed by atoms with Gasteiger partial charge in [0.15, 0.2) is 5.82 Å². The standard InChI is InChI=1S/C21H22N4O/c1-21(2,3)25(15-18-11-7-8-12-22-18)20(26)17-13-23-19(24-14-17)16-9-5-4-6-10-16/h4-14H,15H2,1-3H3. The summed E-state index contributed by atoms with van der Waals surface area (Å²) in [6.45, 7) is 6.46. The maximum atomic E-state index is 13.1. The maximum Gasteiger partial charge on any atom is 0.257 e. The van der Waals surface area contributed by atoms with Gasteiger partial charge in [0.05, 0.1) is 17.8 Å². The van der Waals surface area contributed by atoms with Crippen LogP contribution in [0.15, 0.2) is 67.1 Å². The van der Waals surface area contributed by atoms with E-state index < -0.39 is 0 Å². The van der Waals surface area contributed by atoms with E-state index in [0.29, 0.717) is 17.9 Å². The van der Waals surface area contributed by atoms with Crippen molar-refractivity contribution >= 4 is 5.91 Å². The first-order valence-electron chi connectivity index (χ1n) is 8.54. The van der Waals surface area contributed by atoms with Crippen molar-refractivity contribution in [3.05, 3.63) is 78.4 Å². The number of hydrogen-bond acceptors (Lipinski definition) is 4. The first kappa shape index (κ1) is 17.7. The first-order chi connectivity index (χ1) is 12.4. The van der Waals surface area contributed by atoms with E-state index in [1.807, 2.05) is 69.3 Å². The number of amides is 1. The van der Waals surface area contributed by atoms with Gasteiger partial charge < -0.3 is 4.90 Å². The summed E-state index contributed by atoms with van der Waals surface area (Å²) >= 11 is 0. The van der Waals surface area contributed by atoms with Crippen LogP contribution in [0.5, 0.6) is 0 Å². The molecule has 1 amide bonds. The highest BCUT2D eigenvalue weighted by Crippen LogP contribution is 2.20. The van der Waals surface area contributed by atoms with Crippen molar-refractivity contribution in [2.45, 2.75) is 32.9 Å². The highest BCUT2D eigenvalue weighted by Gasteiger charge is 2.28. The average Bonchev–Trinajstić information content (AvgIpc) is 2.66. The van der Waals surface area contributed by atoms with Crippen molar-refractivity contribution in [2.75, 3.05) is 0 Å². The molecule has 0 aliphatic rings. The highest BCUT2D eigenvalue weighted by molar-refractivity contribution is 5.94. The molecule has 3 aromatic rings. The lowest BCUT2D eigenvalue weighted by Gasteiger charge is -2.35. The van der Waals surface area contributed by atoms with Crippen molar-refractivity contribution in [1.29, 1.82) is 0 Å². The summed E-state index contributed by atoms with van der Waals surface area (Å²) in [6, 6.07) is 15.4. The molecule has 0 radical (unpaired) electrons. The van der Waals surface area contributed by atoms with Crippen molar-refractivity contribution < 1.29 is 4.79 Å². The smallest absolute Gasteiger partial charge is 0.257 e. The monoisotopic (exact) mass is 346 g/mol. The Balaban J connectivity index is 1.85. The summed E-state index contributed by atoms with van der Waals surface area (Å²) < 4.78 is 0. The molecule has 0 spiro atoms. The zero-order valence-electron chi connectivity index (χ0n) is 15.3. The summed E-state index contributed by atoms with van der Waals surface area (Å²) in [5.74, 6) is 0.497. The van der Waals surface area contributed by atoms with Crippen LogP contribution in [0.4, 0.5) is 0 Å². The molecule has 3 rings (SSSR count). The Morgan fingerprint density at radius 1 is 0.923 bits per heavy atom. The Morgan fingerprint density at radius 2 is 1.58 bits per heavy atom. The molecule has 0 fully saturated rings. The van der Waals surface area contributed by atoms with Gasteiger partial charge in [-0.25, -0.2) is 9.97 Å². The lowest BCUT2D eigenvalue weighted by molar-refractivity contribution is 0.0554. The van der Waals surface area contributed by atoms with Crippen LogP contribution in [0.1, 0.15) is 36.8 Å². The van der Waals surface area contributed by atoms with Crippen LogP contribution in [0.3, 0.4) is 0 Å². The summed E-state index contributed by atoms with van der Waals surface area (Å²) in [4.78, 5) is 27.9. The molecular weight excluding hydrogens is 324 g/mol. The van der Waals surface area contributed by atoms with Crippen LogP contribution < -0.4 is 0 Å². The lowest BCUT2D eigenvalue weighted by Crippen LogP contribution is -2.45. The van der Waals surface area contributed by atoms with Gasteiger partial charge in [-0.2, -0.15) is 0 Å². The Morgan fingerprint density at radius 3 is 2.15 bits per heavy atom. The minimum Gasteiger partial charge on any atom is -0.328 e. The minimum absolute atomic E-state index is 0.109. The van der Waals surface area contributed by atoms with Crippen molar-refractivity contribution in [3.8, 4) is 11.4 Å². The van der Waals surface area contributed by atoms with E-state index in [4.69, 9.17) is 0 Å². The number of carbonyl (C=O) groups excluding carboxylic acids is 1. The zero-order valence-corrected chi connectivity index (χ0v) is 15.3. The van der Waals surface area contributed by atoms with E-state index in [2.05, 4.69) is 15.0 Å². The van der Waals surface area contributed by atoms with E-state index in [-0.39, 0.29) is 11.4 Å². The largest absolute Gasteiger partial charge is 0.328 e. The second-order valence-corrected chi connectivity index (χ2v) is 7.04. The van der Waals surface area contributed by atoms with Crippen molar-refractivity contribution in [1.82, 2.24) is 19.9 Å². The molecule has 2 heterocycles. The fourth-order valence-corrected chi connectivity index (χ4v) is 2.60. The van der Waals surface area contributed by atoms with E-state index in [9.17, 15) is 4.79 Å². The van der Waals surface area contributed by atoms with E-state index in [1.165, 1.54) is 0 Å². The van der Waals surface area contributed by atoms with Crippen LogP contribution in [0.2, 0.25) is 0 Å². The van der Waals surface area contributed by atoms with E-state index in [0.717, 1.165) is 11.3 Å². The number of nitrogens with zero attached hydrogens (tertiary/aromatic N) is 4. The molecule has 0 unspecified atom stereocenters. The van der Waals surface area contributed by atoms with Crippen LogP contribution in [-0.2, 0) is 6.54 Å². The molecule has 0 N–H and O–H groups in total. The van der Waals surface area contributed by atoms with Gasteiger partial charge in [-0.15, -0.1) is 0 Å². The molecule has 0 bridgehead atoms. The number of aromatic nitrogens is 3. The average molecular weight is 346 g/mol. The Kier molecular flexibility index (Phi) is 5.07. The van der Waals surface area contributed by atoms with E-state index >= 15 is 0 Å². The fourth-order valence-electron chi connectivity index (χ4n) is 2.60. The molecule has 26 heavy (non-hydrogen) atoms. The highest BCUT2D eigenvalue weighted by atomic mass is 16.2.